The summed E-state index contributed by atoms with van der Waals surface area (Å²) in [4.78, 5) is 26.6. The van der Waals surface area contributed by atoms with Gasteiger partial charge < -0.3 is 29.6 Å². The van der Waals surface area contributed by atoms with E-state index < -0.39 is 0 Å². The van der Waals surface area contributed by atoms with Crippen LogP contribution in [0.25, 0.3) is 10.9 Å². The van der Waals surface area contributed by atoms with Crippen LogP contribution in [-0.4, -0.2) is 48.9 Å². The van der Waals surface area contributed by atoms with Gasteiger partial charge in [0, 0.05) is 49.0 Å². The number of benzene rings is 2. The topological polar surface area (TPSA) is 84.8 Å². The van der Waals surface area contributed by atoms with Crippen molar-refractivity contribution in [1.29, 1.82) is 0 Å². The molecule has 2 aliphatic heterocycles. The molecule has 3 amide bonds. The first-order valence-electron chi connectivity index (χ1n) is 10.9. The van der Waals surface area contributed by atoms with Gasteiger partial charge in [0.2, 0.25) is 5.91 Å². The number of nitrogens with one attached hydrogen (secondary N) is 2. The molecule has 5 rings (SSSR count). The van der Waals surface area contributed by atoms with E-state index in [9.17, 15) is 9.59 Å². The largest absolute Gasteiger partial charge is 0.486 e. The number of hydrogen-bond donors (Lipinski definition) is 2. The van der Waals surface area contributed by atoms with Crippen molar-refractivity contribution < 1.29 is 19.1 Å². The van der Waals surface area contributed by atoms with Gasteiger partial charge in [-0.25, -0.2) is 4.79 Å². The lowest BCUT2D eigenvalue weighted by molar-refractivity contribution is -0.117. The fraction of sp³-hybridized carbons (Fsp3) is 0.333. The summed E-state index contributed by atoms with van der Waals surface area (Å²) in [5.41, 5.74) is 3.06. The molecule has 0 saturated carbocycles. The normalized spacial score (nSPS) is 17.6. The number of amides is 3. The summed E-state index contributed by atoms with van der Waals surface area (Å²) in [6.07, 6.45) is 0.267. The molecule has 2 N–H and O–H groups in total. The van der Waals surface area contributed by atoms with Crippen molar-refractivity contribution in [2.24, 2.45) is 0 Å². The van der Waals surface area contributed by atoms with Crippen molar-refractivity contribution in [3.63, 3.8) is 0 Å². The van der Waals surface area contributed by atoms with Crippen molar-refractivity contribution in [2.75, 3.05) is 31.2 Å². The van der Waals surface area contributed by atoms with Crippen LogP contribution >= 0.6 is 0 Å². The van der Waals surface area contributed by atoms with E-state index in [1.807, 2.05) is 30.3 Å². The number of carbonyl (C=O) groups is 2. The summed E-state index contributed by atoms with van der Waals surface area (Å²) < 4.78 is 13.3. The maximum atomic E-state index is 12.5. The molecule has 0 radical (unpaired) electrons. The maximum Gasteiger partial charge on any atom is 0.315 e. The van der Waals surface area contributed by atoms with Crippen molar-refractivity contribution in [1.82, 2.24) is 15.2 Å². The van der Waals surface area contributed by atoms with Crippen molar-refractivity contribution >= 4 is 28.5 Å². The molecule has 1 fully saturated rings. The van der Waals surface area contributed by atoms with Crippen LogP contribution in [0.2, 0.25) is 0 Å². The Labute approximate surface area is 186 Å². The van der Waals surface area contributed by atoms with Gasteiger partial charge in [0.05, 0.1) is 6.04 Å². The fourth-order valence-electron chi connectivity index (χ4n) is 4.42. The van der Waals surface area contributed by atoms with Crippen LogP contribution in [-0.2, 0) is 11.3 Å². The van der Waals surface area contributed by atoms with Crippen LogP contribution in [0.1, 0.15) is 12.1 Å². The third-order valence-corrected chi connectivity index (χ3v) is 5.94. The lowest BCUT2D eigenvalue weighted by Crippen LogP contribution is -2.44. The molecule has 0 unspecified atom stereocenters. The molecule has 166 valence electrons. The number of carbonyl (C=O) groups excluding carboxylic acids is 2. The number of anilines is 1. The molecule has 1 atom stereocenters. The molecule has 32 heavy (non-hydrogen) atoms. The number of hydrogen-bond acceptors (Lipinski definition) is 4. The quantitative estimate of drug-likeness (QED) is 0.647. The van der Waals surface area contributed by atoms with Crippen molar-refractivity contribution in [2.45, 2.75) is 25.9 Å². The number of aryl methyl sites for hydroxylation is 1. The first kappa shape index (κ1) is 20.2. The number of fused-ring (bicyclic) bond motifs is 2. The highest BCUT2D eigenvalue weighted by Crippen LogP contribution is 2.35. The number of urea groups is 1. The van der Waals surface area contributed by atoms with Gasteiger partial charge >= 0.3 is 6.03 Å². The summed E-state index contributed by atoms with van der Waals surface area (Å²) in [5.74, 6) is 1.30. The lowest BCUT2D eigenvalue weighted by atomic mass is 10.2. The van der Waals surface area contributed by atoms with E-state index in [0.717, 1.165) is 16.9 Å². The van der Waals surface area contributed by atoms with E-state index >= 15 is 0 Å². The number of ether oxygens (including phenoxy) is 2. The summed E-state index contributed by atoms with van der Waals surface area (Å²) in [5, 5.41) is 7.03. The highest BCUT2D eigenvalue weighted by Gasteiger charge is 2.32. The van der Waals surface area contributed by atoms with Crippen LogP contribution in [0.4, 0.5) is 10.5 Å². The predicted molar refractivity (Wildman–Crippen MR) is 121 cm³/mol. The third-order valence-electron chi connectivity index (χ3n) is 5.94. The highest BCUT2D eigenvalue weighted by atomic mass is 16.6. The van der Waals surface area contributed by atoms with Crippen molar-refractivity contribution in [3.8, 4) is 11.5 Å². The zero-order valence-corrected chi connectivity index (χ0v) is 18.0. The summed E-state index contributed by atoms with van der Waals surface area (Å²) in [7, 11) is 0. The Hall–Kier alpha value is -3.68. The molecule has 0 aliphatic carbocycles. The monoisotopic (exact) mass is 434 g/mol. The molecular weight excluding hydrogens is 408 g/mol. The SMILES string of the molecule is Cc1cc2ccccc2n1CCNC(=O)N[C@@H]1CC(=O)N(c2ccc3c(c2)OCCO3)C1. The summed E-state index contributed by atoms with van der Waals surface area (Å²) >= 11 is 0. The van der Waals surface area contributed by atoms with Crippen LogP contribution < -0.4 is 25.0 Å². The average Bonchev–Trinajstić information content (AvgIpc) is 3.32. The summed E-state index contributed by atoms with van der Waals surface area (Å²) in [6, 6.07) is 15.3. The van der Waals surface area contributed by atoms with E-state index in [4.69, 9.17) is 9.47 Å². The molecule has 3 heterocycles. The first-order valence-corrected chi connectivity index (χ1v) is 10.9. The first-order chi connectivity index (χ1) is 15.6. The van der Waals surface area contributed by atoms with E-state index in [1.165, 1.54) is 5.39 Å². The average molecular weight is 434 g/mol. The van der Waals surface area contributed by atoms with Gasteiger partial charge in [0.1, 0.15) is 13.2 Å². The fourth-order valence-corrected chi connectivity index (χ4v) is 4.42. The van der Waals surface area contributed by atoms with E-state index in [-0.39, 0.29) is 24.4 Å². The number of rotatable bonds is 5. The second kappa shape index (κ2) is 8.45. The van der Waals surface area contributed by atoms with E-state index in [1.54, 1.807) is 4.90 Å². The number of nitrogens with zero attached hydrogens (tertiary/aromatic N) is 2. The highest BCUT2D eigenvalue weighted by molar-refractivity contribution is 5.97. The molecule has 2 aromatic carbocycles. The molecular formula is C24H26N4O4. The molecule has 2 aliphatic rings. The Morgan fingerprint density at radius 1 is 1.09 bits per heavy atom. The van der Waals surface area contributed by atoms with Gasteiger partial charge in [-0.2, -0.15) is 0 Å². The van der Waals surface area contributed by atoms with Crippen molar-refractivity contribution in [3.05, 3.63) is 54.2 Å². The van der Waals surface area contributed by atoms with Gasteiger partial charge in [0.15, 0.2) is 11.5 Å². The molecule has 8 heteroatoms. The van der Waals surface area contributed by atoms with Gasteiger partial charge in [-0.05, 0) is 36.6 Å². The number of aromatic nitrogens is 1. The standard InChI is InChI=1S/C24H26N4O4/c1-16-12-17-4-2-3-5-20(17)27(16)9-8-25-24(30)26-18-13-23(29)28(15-18)19-6-7-21-22(14-19)32-11-10-31-21/h2-7,12,14,18H,8-11,13,15H2,1H3,(H2,25,26,30)/t18-/m1/s1. The molecule has 1 aromatic heterocycles. The Morgan fingerprint density at radius 3 is 2.78 bits per heavy atom. The molecule has 8 nitrogen and oxygen atoms in total. The minimum absolute atomic E-state index is 0.0265. The molecule has 0 bridgehead atoms. The maximum absolute atomic E-state index is 12.5. The van der Waals surface area contributed by atoms with Gasteiger partial charge in [-0.1, -0.05) is 18.2 Å². The summed E-state index contributed by atoms with van der Waals surface area (Å²) in [6.45, 7) is 4.69. The minimum atomic E-state index is -0.263. The van der Waals surface area contributed by atoms with Crippen LogP contribution in [0.5, 0.6) is 11.5 Å². The van der Waals surface area contributed by atoms with Crippen LogP contribution in [0.15, 0.2) is 48.5 Å². The van der Waals surface area contributed by atoms with Crippen LogP contribution in [0, 0.1) is 6.92 Å². The van der Waals surface area contributed by atoms with Gasteiger partial charge in [-0.3, -0.25) is 4.79 Å². The van der Waals surface area contributed by atoms with Crippen LogP contribution in [0.3, 0.4) is 0 Å². The Bertz CT molecular complexity index is 1170. The van der Waals surface area contributed by atoms with E-state index in [2.05, 4.69) is 40.3 Å². The Balaban J connectivity index is 1.15. The third kappa shape index (κ3) is 3.95. The van der Waals surface area contributed by atoms with E-state index in [0.29, 0.717) is 44.3 Å². The zero-order chi connectivity index (χ0) is 22.1. The molecule has 0 spiro atoms. The predicted octanol–water partition coefficient (Wildman–Crippen LogP) is 2.83. The van der Waals surface area contributed by atoms with Gasteiger partial charge in [0.25, 0.3) is 0 Å². The molecule has 1 saturated heterocycles. The number of para-hydroxylation sites is 1. The van der Waals surface area contributed by atoms with Gasteiger partial charge in [-0.15, -0.1) is 0 Å². The Kier molecular flexibility index (Phi) is 5.34. The smallest absolute Gasteiger partial charge is 0.315 e. The Morgan fingerprint density at radius 2 is 1.91 bits per heavy atom. The minimum Gasteiger partial charge on any atom is -0.486 e. The lowest BCUT2D eigenvalue weighted by Gasteiger charge is -2.22. The zero-order valence-electron chi connectivity index (χ0n) is 18.0. The molecule has 3 aromatic rings. The second-order valence-corrected chi connectivity index (χ2v) is 8.13. The second-order valence-electron chi connectivity index (χ2n) is 8.13.